The van der Waals surface area contributed by atoms with E-state index in [9.17, 15) is 13.2 Å². The zero-order valence-corrected chi connectivity index (χ0v) is 19.4. The standard InChI is InChI=1S/C23H27ClN2O5S/c24-20-14-18(15-21-23(20)31-13-12-30-21)8-9-25-22(27)16-17-4-6-19(7-5-17)32(28,29)26-10-2-1-3-11-26/h4-7,14-15H,1-3,8-13,16H2,(H,25,27). The summed E-state index contributed by atoms with van der Waals surface area (Å²) in [6, 6.07) is 10.3. The summed E-state index contributed by atoms with van der Waals surface area (Å²) in [4.78, 5) is 12.6. The first kappa shape index (κ1) is 22.9. The second-order valence-electron chi connectivity index (χ2n) is 7.99. The molecule has 2 aliphatic heterocycles. The van der Waals surface area contributed by atoms with Crippen LogP contribution in [-0.4, -0.2) is 51.5 Å². The lowest BCUT2D eigenvalue weighted by Crippen LogP contribution is -2.35. The third-order valence-electron chi connectivity index (χ3n) is 5.63. The number of nitrogens with one attached hydrogen (secondary N) is 1. The Hall–Kier alpha value is -2.29. The average Bonchev–Trinajstić information content (AvgIpc) is 2.80. The number of amides is 1. The van der Waals surface area contributed by atoms with E-state index in [0.29, 0.717) is 55.8 Å². The monoisotopic (exact) mass is 478 g/mol. The van der Waals surface area contributed by atoms with Crippen molar-refractivity contribution in [2.45, 2.75) is 37.0 Å². The zero-order valence-electron chi connectivity index (χ0n) is 17.8. The summed E-state index contributed by atoms with van der Waals surface area (Å²) in [5.74, 6) is 1.07. The van der Waals surface area contributed by atoms with Gasteiger partial charge in [0.1, 0.15) is 13.2 Å². The lowest BCUT2D eigenvalue weighted by atomic mass is 10.1. The van der Waals surface area contributed by atoms with Crippen molar-refractivity contribution in [3.63, 3.8) is 0 Å². The first-order valence-corrected chi connectivity index (χ1v) is 12.7. The van der Waals surface area contributed by atoms with E-state index in [4.69, 9.17) is 21.1 Å². The van der Waals surface area contributed by atoms with E-state index >= 15 is 0 Å². The van der Waals surface area contributed by atoms with E-state index in [1.807, 2.05) is 12.1 Å². The molecule has 0 atom stereocenters. The van der Waals surface area contributed by atoms with Gasteiger partial charge in [0.25, 0.3) is 0 Å². The third kappa shape index (κ3) is 5.36. The topological polar surface area (TPSA) is 84.9 Å². The van der Waals surface area contributed by atoms with Crippen molar-refractivity contribution in [2.24, 2.45) is 0 Å². The molecule has 0 bridgehead atoms. The Morgan fingerprint density at radius 3 is 2.47 bits per heavy atom. The number of halogens is 1. The first-order chi connectivity index (χ1) is 15.4. The molecule has 1 amide bonds. The number of rotatable bonds is 7. The minimum atomic E-state index is -3.46. The molecular formula is C23H27ClN2O5S. The molecule has 2 aromatic rings. The fourth-order valence-corrected chi connectivity index (χ4v) is 5.74. The highest BCUT2D eigenvalue weighted by Crippen LogP contribution is 2.38. The largest absolute Gasteiger partial charge is 0.486 e. The second kappa shape index (κ2) is 10.1. The van der Waals surface area contributed by atoms with Gasteiger partial charge in [0.05, 0.1) is 16.3 Å². The molecule has 7 nitrogen and oxygen atoms in total. The van der Waals surface area contributed by atoms with Crippen LogP contribution in [0, 0.1) is 0 Å². The van der Waals surface area contributed by atoms with Gasteiger partial charge in [-0.2, -0.15) is 4.31 Å². The Morgan fingerprint density at radius 2 is 1.72 bits per heavy atom. The summed E-state index contributed by atoms with van der Waals surface area (Å²) in [5.41, 5.74) is 1.72. The van der Waals surface area contributed by atoms with E-state index in [0.717, 1.165) is 30.4 Å². The SMILES string of the molecule is O=C(Cc1ccc(S(=O)(=O)N2CCCCC2)cc1)NCCc1cc(Cl)c2c(c1)OCCO2. The molecule has 1 fully saturated rings. The molecule has 0 aliphatic carbocycles. The van der Waals surface area contributed by atoms with Crippen LogP contribution in [0.15, 0.2) is 41.3 Å². The fourth-order valence-electron chi connectivity index (χ4n) is 3.94. The van der Waals surface area contributed by atoms with Crippen molar-refractivity contribution < 1.29 is 22.7 Å². The summed E-state index contributed by atoms with van der Waals surface area (Å²) in [5, 5.41) is 3.40. The Morgan fingerprint density at radius 1 is 1.00 bits per heavy atom. The van der Waals surface area contributed by atoms with E-state index < -0.39 is 10.0 Å². The fraction of sp³-hybridized carbons (Fsp3) is 0.435. The van der Waals surface area contributed by atoms with E-state index in [-0.39, 0.29) is 17.2 Å². The van der Waals surface area contributed by atoms with Gasteiger partial charge < -0.3 is 14.8 Å². The van der Waals surface area contributed by atoms with Gasteiger partial charge in [-0.15, -0.1) is 0 Å². The number of benzene rings is 2. The van der Waals surface area contributed by atoms with Crippen LogP contribution in [0.4, 0.5) is 0 Å². The van der Waals surface area contributed by atoms with Crippen LogP contribution >= 0.6 is 11.6 Å². The van der Waals surface area contributed by atoms with Crippen LogP contribution in [0.1, 0.15) is 30.4 Å². The molecule has 0 aromatic heterocycles. The minimum absolute atomic E-state index is 0.125. The number of sulfonamides is 1. The number of fused-ring (bicyclic) bond motifs is 1. The molecule has 1 N–H and O–H groups in total. The number of piperidine rings is 1. The average molecular weight is 479 g/mol. The maximum Gasteiger partial charge on any atom is 0.243 e. The number of carbonyl (C=O) groups is 1. The zero-order chi connectivity index (χ0) is 22.6. The van der Waals surface area contributed by atoms with Crippen LogP contribution in [-0.2, 0) is 27.7 Å². The third-order valence-corrected chi connectivity index (χ3v) is 7.83. The van der Waals surface area contributed by atoms with Gasteiger partial charge in [-0.05, 0) is 54.7 Å². The molecule has 0 unspecified atom stereocenters. The Balaban J connectivity index is 1.28. The molecule has 9 heteroatoms. The van der Waals surface area contributed by atoms with E-state index in [1.54, 1.807) is 28.6 Å². The molecule has 172 valence electrons. The summed E-state index contributed by atoms with van der Waals surface area (Å²) >= 11 is 6.25. The van der Waals surface area contributed by atoms with Gasteiger partial charge >= 0.3 is 0 Å². The minimum Gasteiger partial charge on any atom is -0.486 e. The summed E-state index contributed by atoms with van der Waals surface area (Å²) in [7, 11) is -3.46. The number of ether oxygens (including phenoxy) is 2. The number of carbonyl (C=O) groups excluding carboxylic acids is 1. The molecule has 2 aromatic carbocycles. The highest BCUT2D eigenvalue weighted by Gasteiger charge is 2.25. The van der Waals surface area contributed by atoms with Gasteiger partial charge in [0.15, 0.2) is 11.5 Å². The van der Waals surface area contributed by atoms with Crippen molar-refractivity contribution in [3.05, 3.63) is 52.5 Å². The number of hydrogen-bond acceptors (Lipinski definition) is 5. The smallest absolute Gasteiger partial charge is 0.243 e. The summed E-state index contributed by atoms with van der Waals surface area (Å²) < 4.78 is 38.1. The van der Waals surface area contributed by atoms with Gasteiger partial charge in [-0.1, -0.05) is 30.2 Å². The predicted molar refractivity (Wildman–Crippen MR) is 122 cm³/mol. The van der Waals surface area contributed by atoms with Crippen LogP contribution in [0.2, 0.25) is 5.02 Å². The van der Waals surface area contributed by atoms with Crippen molar-refractivity contribution in [1.29, 1.82) is 0 Å². The molecule has 0 radical (unpaired) electrons. The van der Waals surface area contributed by atoms with Crippen molar-refractivity contribution in [1.82, 2.24) is 9.62 Å². The number of hydrogen-bond donors (Lipinski definition) is 1. The lowest BCUT2D eigenvalue weighted by Gasteiger charge is -2.25. The van der Waals surface area contributed by atoms with Crippen molar-refractivity contribution in [2.75, 3.05) is 32.8 Å². The first-order valence-electron chi connectivity index (χ1n) is 10.9. The molecule has 0 saturated carbocycles. The van der Waals surface area contributed by atoms with Gasteiger partial charge in [0.2, 0.25) is 15.9 Å². The molecule has 4 rings (SSSR count). The van der Waals surface area contributed by atoms with Crippen LogP contribution in [0.5, 0.6) is 11.5 Å². The highest BCUT2D eigenvalue weighted by atomic mass is 35.5. The maximum atomic E-state index is 12.7. The number of nitrogens with zero attached hydrogens (tertiary/aromatic N) is 1. The molecule has 0 spiro atoms. The van der Waals surface area contributed by atoms with Crippen LogP contribution in [0.3, 0.4) is 0 Å². The molecule has 2 heterocycles. The van der Waals surface area contributed by atoms with E-state index in [1.165, 1.54) is 0 Å². The van der Waals surface area contributed by atoms with Crippen LogP contribution in [0.25, 0.3) is 0 Å². The van der Waals surface area contributed by atoms with E-state index in [2.05, 4.69) is 5.32 Å². The highest BCUT2D eigenvalue weighted by molar-refractivity contribution is 7.89. The molecule has 32 heavy (non-hydrogen) atoms. The molecule has 2 aliphatic rings. The Kier molecular flexibility index (Phi) is 7.23. The molecular weight excluding hydrogens is 452 g/mol. The van der Waals surface area contributed by atoms with Gasteiger partial charge in [0, 0.05) is 19.6 Å². The van der Waals surface area contributed by atoms with Crippen molar-refractivity contribution >= 4 is 27.5 Å². The quantitative estimate of drug-likeness (QED) is 0.660. The normalized spacial score (nSPS) is 16.5. The Labute approximate surface area is 193 Å². The second-order valence-corrected chi connectivity index (χ2v) is 10.3. The Bertz CT molecular complexity index is 1070. The van der Waals surface area contributed by atoms with Crippen LogP contribution < -0.4 is 14.8 Å². The maximum absolute atomic E-state index is 12.7. The molecule has 1 saturated heterocycles. The lowest BCUT2D eigenvalue weighted by molar-refractivity contribution is -0.120. The van der Waals surface area contributed by atoms with Gasteiger partial charge in [-0.25, -0.2) is 8.42 Å². The van der Waals surface area contributed by atoms with Crippen molar-refractivity contribution in [3.8, 4) is 11.5 Å². The summed E-state index contributed by atoms with van der Waals surface area (Å²) in [6.07, 6.45) is 3.66. The van der Waals surface area contributed by atoms with Gasteiger partial charge in [-0.3, -0.25) is 4.79 Å². The summed E-state index contributed by atoms with van der Waals surface area (Å²) in [6.45, 7) is 2.56. The predicted octanol–water partition coefficient (Wildman–Crippen LogP) is 3.19.